The molecule has 1 aliphatic rings. The van der Waals surface area contributed by atoms with Crippen molar-refractivity contribution in [3.8, 4) is 0 Å². The first-order valence-electron chi connectivity index (χ1n) is 4.99. The second-order valence-corrected chi connectivity index (χ2v) is 3.78. The van der Waals surface area contributed by atoms with Crippen molar-refractivity contribution >= 4 is 11.8 Å². The standard InChI is InChI=1S/C12H12O3/c13-11-6-9(7-11)8-15-12(14)10-4-2-1-3-5-10/h1-5,9H,6-8H2. The predicted octanol–water partition coefficient (Wildman–Crippen LogP) is 1.82. The van der Waals surface area contributed by atoms with Gasteiger partial charge in [0.1, 0.15) is 5.78 Å². The number of Topliss-reactive ketones (excluding diaryl/α,β-unsaturated/α-hetero) is 1. The van der Waals surface area contributed by atoms with Gasteiger partial charge < -0.3 is 4.74 Å². The molecule has 0 heterocycles. The fourth-order valence-corrected chi connectivity index (χ4v) is 1.55. The minimum Gasteiger partial charge on any atom is -0.462 e. The number of carbonyl (C=O) groups excluding carboxylic acids is 2. The number of ether oxygens (including phenoxy) is 1. The van der Waals surface area contributed by atoms with E-state index in [4.69, 9.17) is 4.74 Å². The number of esters is 1. The van der Waals surface area contributed by atoms with Crippen LogP contribution in [0.25, 0.3) is 0 Å². The Morgan fingerprint density at radius 3 is 2.53 bits per heavy atom. The van der Waals surface area contributed by atoms with Gasteiger partial charge in [-0.15, -0.1) is 0 Å². The summed E-state index contributed by atoms with van der Waals surface area (Å²) in [5.41, 5.74) is 0.558. The lowest BCUT2D eigenvalue weighted by Crippen LogP contribution is -2.28. The van der Waals surface area contributed by atoms with E-state index in [9.17, 15) is 9.59 Å². The average Bonchev–Trinajstić information content (AvgIpc) is 2.23. The van der Waals surface area contributed by atoms with Gasteiger partial charge in [-0.1, -0.05) is 18.2 Å². The summed E-state index contributed by atoms with van der Waals surface area (Å²) in [6.45, 7) is 0.361. The molecule has 0 aliphatic heterocycles. The molecule has 0 saturated heterocycles. The van der Waals surface area contributed by atoms with Gasteiger partial charge in [-0.3, -0.25) is 4.79 Å². The Balaban J connectivity index is 1.80. The largest absolute Gasteiger partial charge is 0.462 e. The number of rotatable bonds is 3. The molecule has 0 amide bonds. The van der Waals surface area contributed by atoms with Crippen LogP contribution in [-0.4, -0.2) is 18.4 Å². The zero-order chi connectivity index (χ0) is 10.7. The van der Waals surface area contributed by atoms with Crippen molar-refractivity contribution in [2.75, 3.05) is 6.61 Å². The highest BCUT2D eigenvalue weighted by atomic mass is 16.5. The van der Waals surface area contributed by atoms with Crippen molar-refractivity contribution in [1.82, 2.24) is 0 Å². The van der Waals surface area contributed by atoms with Crippen LogP contribution in [0.15, 0.2) is 30.3 Å². The highest BCUT2D eigenvalue weighted by Gasteiger charge is 2.27. The molecule has 0 bridgehead atoms. The van der Waals surface area contributed by atoms with Crippen molar-refractivity contribution in [1.29, 1.82) is 0 Å². The number of benzene rings is 1. The van der Waals surface area contributed by atoms with Gasteiger partial charge in [-0.25, -0.2) is 4.79 Å². The summed E-state index contributed by atoms with van der Waals surface area (Å²) >= 11 is 0. The van der Waals surface area contributed by atoms with E-state index < -0.39 is 0 Å². The smallest absolute Gasteiger partial charge is 0.338 e. The van der Waals surface area contributed by atoms with Gasteiger partial charge in [0.05, 0.1) is 12.2 Å². The van der Waals surface area contributed by atoms with Crippen LogP contribution in [0.1, 0.15) is 23.2 Å². The molecular weight excluding hydrogens is 192 g/mol. The molecule has 0 aromatic heterocycles. The van der Waals surface area contributed by atoms with Crippen LogP contribution in [-0.2, 0) is 9.53 Å². The van der Waals surface area contributed by atoms with Crippen LogP contribution in [0.5, 0.6) is 0 Å². The number of ketones is 1. The summed E-state index contributed by atoms with van der Waals surface area (Å²) in [5.74, 6) is 0.191. The van der Waals surface area contributed by atoms with Gasteiger partial charge in [-0.2, -0.15) is 0 Å². The highest BCUT2D eigenvalue weighted by Crippen LogP contribution is 2.23. The zero-order valence-corrected chi connectivity index (χ0v) is 8.31. The summed E-state index contributed by atoms with van der Waals surface area (Å²) in [6.07, 6.45) is 1.12. The fraction of sp³-hybridized carbons (Fsp3) is 0.333. The van der Waals surface area contributed by atoms with Gasteiger partial charge in [0, 0.05) is 18.8 Å². The fourth-order valence-electron chi connectivity index (χ4n) is 1.55. The highest BCUT2D eigenvalue weighted by molar-refractivity contribution is 5.89. The summed E-state index contributed by atoms with van der Waals surface area (Å²) < 4.78 is 5.09. The van der Waals surface area contributed by atoms with E-state index in [2.05, 4.69) is 0 Å². The molecule has 0 spiro atoms. The third kappa shape index (κ3) is 2.43. The van der Waals surface area contributed by atoms with Crippen molar-refractivity contribution in [3.63, 3.8) is 0 Å². The zero-order valence-electron chi connectivity index (χ0n) is 8.31. The molecule has 2 rings (SSSR count). The van der Waals surface area contributed by atoms with Gasteiger partial charge in [-0.05, 0) is 12.1 Å². The van der Waals surface area contributed by atoms with Crippen molar-refractivity contribution in [3.05, 3.63) is 35.9 Å². The van der Waals surface area contributed by atoms with Crippen LogP contribution in [0.4, 0.5) is 0 Å². The third-order valence-corrected chi connectivity index (χ3v) is 2.49. The molecule has 3 nitrogen and oxygen atoms in total. The van der Waals surface area contributed by atoms with Gasteiger partial charge in [0.25, 0.3) is 0 Å². The summed E-state index contributed by atoms with van der Waals surface area (Å²) in [4.78, 5) is 22.1. The second kappa shape index (κ2) is 4.26. The van der Waals surface area contributed by atoms with Crippen LogP contribution in [0.2, 0.25) is 0 Å². The summed E-state index contributed by atoms with van der Waals surface area (Å²) in [6, 6.07) is 8.87. The minimum absolute atomic E-state index is 0.241. The maximum atomic E-state index is 11.5. The average molecular weight is 204 g/mol. The van der Waals surface area contributed by atoms with Gasteiger partial charge in [0.15, 0.2) is 0 Å². The van der Waals surface area contributed by atoms with Crippen molar-refractivity contribution in [2.45, 2.75) is 12.8 Å². The molecular formula is C12H12O3. The molecule has 0 N–H and O–H groups in total. The molecule has 0 radical (unpaired) electrons. The third-order valence-electron chi connectivity index (χ3n) is 2.49. The quantitative estimate of drug-likeness (QED) is 0.705. The van der Waals surface area contributed by atoms with E-state index in [1.807, 2.05) is 6.07 Å². The van der Waals surface area contributed by atoms with E-state index >= 15 is 0 Å². The Hall–Kier alpha value is -1.64. The SMILES string of the molecule is O=C1CC(COC(=O)c2ccccc2)C1. The Labute approximate surface area is 88.1 Å². The maximum absolute atomic E-state index is 11.5. The Morgan fingerprint density at radius 1 is 1.27 bits per heavy atom. The first kappa shape index (κ1) is 9.90. The molecule has 15 heavy (non-hydrogen) atoms. The lowest BCUT2D eigenvalue weighted by molar-refractivity contribution is -0.128. The number of hydrogen-bond donors (Lipinski definition) is 0. The molecule has 1 aromatic rings. The first-order valence-corrected chi connectivity index (χ1v) is 4.99. The lowest BCUT2D eigenvalue weighted by atomic mass is 9.85. The molecule has 78 valence electrons. The van der Waals surface area contributed by atoms with Crippen molar-refractivity contribution in [2.24, 2.45) is 5.92 Å². The molecule has 0 unspecified atom stereocenters. The molecule has 1 aromatic carbocycles. The number of hydrogen-bond acceptors (Lipinski definition) is 3. The van der Waals surface area contributed by atoms with E-state index in [0.29, 0.717) is 25.0 Å². The van der Waals surface area contributed by atoms with E-state index in [1.165, 1.54) is 0 Å². The summed E-state index contributed by atoms with van der Waals surface area (Å²) in [7, 11) is 0. The van der Waals surface area contributed by atoms with Gasteiger partial charge in [0.2, 0.25) is 0 Å². The first-order chi connectivity index (χ1) is 7.25. The normalized spacial score (nSPS) is 15.9. The number of carbonyl (C=O) groups is 2. The molecule has 1 saturated carbocycles. The van der Waals surface area contributed by atoms with Crippen LogP contribution in [0.3, 0.4) is 0 Å². The topological polar surface area (TPSA) is 43.4 Å². The van der Waals surface area contributed by atoms with E-state index in [1.54, 1.807) is 24.3 Å². The monoisotopic (exact) mass is 204 g/mol. The maximum Gasteiger partial charge on any atom is 0.338 e. The Morgan fingerprint density at radius 2 is 1.93 bits per heavy atom. The van der Waals surface area contributed by atoms with Crippen LogP contribution in [0, 0.1) is 5.92 Å². The Kier molecular flexibility index (Phi) is 2.81. The van der Waals surface area contributed by atoms with E-state index in [-0.39, 0.29) is 17.7 Å². The molecule has 0 atom stereocenters. The van der Waals surface area contributed by atoms with Gasteiger partial charge >= 0.3 is 5.97 Å². The summed E-state index contributed by atoms with van der Waals surface area (Å²) in [5, 5.41) is 0. The molecule has 1 fully saturated rings. The Bertz CT molecular complexity index is 362. The molecule has 3 heteroatoms. The van der Waals surface area contributed by atoms with Crippen LogP contribution < -0.4 is 0 Å². The second-order valence-electron chi connectivity index (χ2n) is 3.78. The molecule has 1 aliphatic carbocycles. The van der Waals surface area contributed by atoms with Crippen molar-refractivity contribution < 1.29 is 14.3 Å². The minimum atomic E-state index is -0.310. The lowest BCUT2D eigenvalue weighted by Gasteiger charge is -2.23. The van der Waals surface area contributed by atoms with E-state index in [0.717, 1.165) is 0 Å². The predicted molar refractivity (Wildman–Crippen MR) is 54.5 cm³/mol. The van der Waals surface area contributed by atoms with Crippen LogP contribution >= 0.6 is 0 Å².